The van der Waals surface area contributed by atoms with Gasteiger partial charge in [-0.3, -0.25) is 0 Å². The zero-order chi connectivity index (χ0) is 19.7. The summed E-state index contributed by atoms with van der Waals surface area (Å²) in [6, 6.07) is 19.1. The van der Waals surface area contributed by atoms with Crippen LogP contribution in [0.15, 0.2) is 54.6 Å². The van der Waals surface area contributed by atoms with E-state index in [0.717, 1.165) is 34.5 Å². The molecule has 1 aromatic heterocycles. The minimum absolute atomic E-state index is 0.881. The van der Waals surface area contributed by atoms with E-state index in [2.05, 4.69) is 86.6 Å². The maximum Gasteiger partial charge on any atom is 0.115 e. The number of nitrogens with zero attached hydrogens (tertiary/aromatic N) is 3. The first-order chi connectivity index (χ1) is 13.5. The molecule has 28 heavy (non-hydrogen) atoms. The summed E-state index contributed by atoms with van der Waals surface area (Å²) in [5, 5.41) is 12.9. The van der Waals surface area contributed by atoms with Gasteiger partial charge in [0.15, 0.2) is 0 Å². The maximum absolute atomic E-state index is 4.73. The summed E-state index contributed by atoms with van der Waals surface area (Å²) in [5.74, 6) is 0. The lowest BCUT2D eigenvalue weighted by Gasteiger charge is -2.08. The van der Waals surface area contributed by atoms with Gasteiger partial charge in [-0.05, 0) is 85.8 Å². The highest BCUT2D eigenvalue weighted by Crippen LogP contribution is 2.24. The Morgan fingerprint density at radius 1 is 0.821 bits per heavy atom. The fraction of sp³-hybridized carbons (Fsp3) is 0.250. The Morgan fingerprint density at radius 2 is 1.54 bits per heavy atom. The first-order valence-corrected chi connectivity index (χ1v) is 9.85. The molecule has 0 saturated carbocycles. The molecule has 4 heteroatoms. The van der Waals surface area contributed by atoms with Gasteiger partial charge in [-0.1, -0.05) is 31.5 Å². The molecular formula is C24H26N4. The molecule has 0 aliphatic rings. The average Bonchev–Trinajstić information content (AvgIpc) is 3.09. The summed E-state index contributed by atoms with van der Waals surface area (Å²) in [6.45, 7) is 8.55. The molecule has 0 spiro atoms. The van der Waals surface area contributed by atoms with Crippen molar-refractivity contribution in [2.45, 2.75) is 40.5 Å². The summed E-state index contributed by atoms with van der Waals surface area (Å²) in [6.07, 6.45) is 2.28. The van der Waals surface area contributed by atoms with E-state index in [1.807, 2.05) is 6.07 Å². The molecule has 4 nitrogen and oxygen atoms in total. The number of anilines is 2. The first-order valence-electron chi connectivity index (χ1n) is 9.85. The van der Waals surface area contributed by atoms with E-state index in [1.165, 1.54) is 28.7 Å². The fourth-order valence-electron chi connectivity index (χ4n) is 3.54. The first kappa shape index (κ1) is 18.2. The Hall–Kier alpha value is -3.14. The van der Waals surface area contributed by atoms with Crippen molar-refractivity contribution in [3.05, 3.63) is 76.9 Å². The molecule has 0 fully saturated rings. The zero-order valence-electron chi connectivity index (χ0n) is 17.0. The van der Waals surface area contributed by atoms with E-state index in [-0.39, 0.29) is 0 Å². The molecule has 0 amide bonds. The Morgan fingerprint density at radius 3 is 2.29 bits per heavy atom. The molecule has 0 saturated heterocycles. The van der Waals surface area contributed by atoms with Crippen LogP contribution in [0.1, 0.15) is 35.6 Å². The molecule has 0 aliphatic heterocycles. The van der Waals surface area contributed by atoms with Crippen LogP contribution in [0, 0.1) is 20.8 Å². The van der Waals surface area contributed by atoms with Gasteiger partial charge >= 0.3 is 0 Å². The van der Waals surface area contributed by atoms with Crippen LogP contribution in [0.4, 0.5) is 11.4 Å². The summed E-state index contributed by atoms with van der Waals surface area (Å²) < 4.78 is 0. The lowest BCUT2D eigenvalue weighted by Crippen LogP contribution is -2.03. The van der Waals surface area contributed by atoms with Crippen molar-refractivity contribution in [1.29, 1.82) is 0 Å². The average molecular weight is 371 g/mol. The molecule has 0 bridgehead atoms. The Labute approximate surface area is 166 Å². The molecule has 0 unspecified atom stereocenters. The van der Waals surface area contributed by atoms with Gasteiger partial charge in [-0.15, -0.1) is 10.2 Å². The van der Waals surface area contributed by atoms with Crippen molar-refractivity contribution in [1.82, 2.24) is 15.0 Å². The zero-order valence-corrected chi connectivity index (χ0v) is 17.0. The van der Waals surface area contributed by atoms with Crippen LogP contribution in [-0.4, -0.2) is 15.0 Å². The van der Waals surface area contributed by atoms with Crippen LogP contribution in [0.25, 0.3) is 16.7 Å². The van der Waals surface area contributed by atoms with Crippen molar-refractivity contribution >= 4 is 22.4 Å². The quantitative estimate of drug-likeness (QED) is 0.465. The van der Waals surface area contributed by atoms with E-state index < -0.39 is 0 Å². The van der Waals surface area contributed by atoms with Gasteiger partial charge in [0.2, 0.25) is 0 Å². The fourth-order valence-corrected chi connectivity index (χ4v) is 3.54. The van der Waals surface area contributed by atoms with Gasteiger partial charge in [0, 0.05) is 11.4 Å². The minimum Gasteiger partial charge on any atom is -0.355 e. The molecule has 142 valence electrons. The molecule has 4 rings (SSSR count). The largest absolute Gasteiger partial charge is 0.355 e. The van der Waals surface area contributed by atoms with E-state index in [4.69, 9.17) is 5.10 Å². The number of aromatic nitrogens is 3. The maximum atomic E-state index is 4.73. The highest BCUT2D eigenvalue weighted by molar-refractivity contribution is 5.80. The molecule has 1 heterocycles. The second kappa shape index (κ2) is 7.47. The smallest absolute Gasteiger partial charge is 0.115 e. The van der Waals surface area contributed by atoms with Crippen LogP contribution >= 0.6 is 0 Å². The van der Waals surface area contributed by atoms with Gasteiger partial charge in [0.05, 0.1) is 5.69 Å². The minimum atomic E-state index is 0.881. The highest BCUT2D eigenvalue weighted by Gasteiger charge is 2.10. The summed E-state index contributed by atoms with van der Waals surface area (Å²) in [5.41, 5.74) is 9.95. The second-order valence-corrected chi connectivity index (χ2v) is 7.49. The van der Waals surface area contributed by atoms with Gasteiger partial charge in [0.1, 0.15) is 11.0 Å². The van der Waals surface area contributed by atoms with Crippen LogP contribution in [0.3, 0.4) is 0 Å². The third-order valence-electron chi connectivity index (χ3n) is 5.16. The van der Waals surface area contributed by atoms with Crippen molar-refractivity contribution in [2.24, 2.45) is 0 Å². The highest BCUT2D eigenvalue weighted by atomic mass is 15.5. The van der Waals surface area contributed by atoms with Crippen LogP contribution in [0.5, 0.6) is 0 Å². The topological polar surface area (TPSA) is 42.7 Å². The Balaban J connectivity index is 1.63. The van der Waals surface area contributed by atoms with E-state index in [1.54, 1.807) is 4.80 Å². The molecular weight excluding hydrogens is 344 g/mol. The van der Waals surface area contributed by atoms with Gasteiger partial charge in [0.25, 0.3) is 0 Å². The number of fused-ring (bicyclic) bond motifs is 1. The molecule has 1 N–H and O–H groups in total. The Bertz CT molecular complexity index is 1120. The van der Waals surface area contributed by atoms with E-state index in [0.29, 0.717) is 0 Å². The monoisotopic (exact) mass is 370 g/mol. The molecule has 0 atom stereocenters. The van der Waals surface area contributed by atoms with Crippen molar-refractivity contribution in [2.75, 3.05) is 5.32 Å². The van der Waals surface area contributed by atoms with Crippen molar-refractivity contribution in [3.8, 4) is 5.69 Å². The summed E-state index contributed by atoms with van der Waals surface area (Å²) in [4.78, 5) is 1.75. The number of benzene rings is 3. The van der Waals surface area contributed by atoms with Crippen molar-refractivity contribution < 1.29 is 0 Å². The summed E-state index contributed by atoms with van der Waals surface area (Å²) in [7, 11) is 0. The van der Waals surface area contributed by atoms with Gasteiger partial charge in [-0.2, -0.15) is 4.80 Å². The lowest BCUT2D eigenvalue weighted by molar-refractivity contribution is 0.758. The summed E-state index contributed by atoms with van der Waals surface area (Å²) >= 11 is 0. The Kier molecular flexibility index (Phi) is 4.86. The van der Waals surface area contributed by atoms with Crippen molar-refractivity contribution in [3.63, 3.8) is 0 Å². The SMILES string of the molecule is CCCc1ccc(Nc2ccc3nn(-c4cc(C)cc(C)c4C)nc3c2)cc1. The molecule has 3 aromatic carbocycles. The standard InChI is InChI=1S/C24H26N4/c1-5-6-19-7-9-20(10-8-19)25-21-11-12-22-23(15-21)27-28(26-22)24-14-16(2)13-17(3)18(24)4/h7-15,25H,5-6H2,1-4H3. The molecule has 0 radical (unpaired) electrons. The number of aryl methyl sites for hydroxylation is 3. The molecule has 0 aliphatic carbocycles. The third kappa shape index (κ3) is 3.63. The predicted molar refractivity (Wildman–Crippen MR) is 117 cm³/mol. The number of nitrogens with one attached hydrogen (secondary N) is 1. The van der Waals surface area contributed by atoms with Crippen LogP contribution in [-0.2, 0) is 6.42 Å². The van der Waals surface area contributed by atoms with E-state index >= 15 is 0 Å². The van der Waals surface area contributed by atoms with Gasteiger partial charge in [-0.25, -0.2) is 0 Å². The third-order valence-corrected chi connectivity index (χ3v) is 5.16. The number of rotatable bonds is 5. The van der Waals surface area contributed by atoms with Crippen LogP contribution < -0.4 is 5.32 Å². The predicted octanol–water partition coefficient (Wildman–Crippen LogP) is 6.04. The lowest BCUT2D eigenvalue weighted by atomic mass is 10.1. The van der Waals surface area contributed by atoms with Gasteiger partial charge < -0.3 is 5.32 Å². The normalized spacial score (nSPS) is 11.1. The second-order valence-electron chi connectivity index (χ2n) is 7.49. The number of hydrogen-bond donors (Lipinski definition) is 1. The number of hydrogen-bond acceptors (Lipinski definition) is 3. The van der Waals surface area contributed by atoms with E-state index in [9.17, 15) is 0 Å². The van der Waals surface area contributed by atoms with Crippen LogP contribution in [0.2, 0.25) is 0 Å². The molecule has 4 aromatic rings.